The van der Waals surface area contributed by atoms with Gasteiger partial charge < -0.3 is 19.7 Å². The molecule has 0 atom stereocenters. The maximum Gasteiger partial charge on any atom is 0.339 e. The standard InChI is InChI=1S/C16H8N2O6/c17-7-23-13-5-9(1-3-11(13)15(19)20)10-2-4-12(16(21)22)14(6-10)24-8-18/h1-6H,(H,19,20)(H,21,22). The Morgan fingerprint density at radius 3 is 1.46 bits per heavy atom. The van der Waals surface area contributed by atoms with Crippen molar-refractivity contribution < 1.29 is 29.3 Å². The summed E-state index contributed by atoms with van der Waals surface area (Å²) < 4.78 is 9.29. The van der Waals surface area contributed by atoms with Gasteiger partial charge in [-0.2, -0.15) is 0 Å². The molecule has 2 aromatic carbocycles. The second-order valence-electron chi connectivity index (χ2n) is 4.42. The van der Waals surface area contributed by atoms with Gasteiger partial charge in [0, 0.05) is 0 Å². The van der Waals surface area contributed by atoms with Gasteiger partial charge in [0.05, 0.1) is 0 Å². The molecule has 2 rings (SSSR count). The van der Waals surface area contributed by atoms with E-state index in [-0.39, 0.29) is 22.6 Å². The van der Waals surface area contributed by atoms with E-state index in [9.17, 15) is 9.59 Å². The highest BCUT2D eigenvalue weighted by Gasteiger charge is 2.16. The SMILES string of the molecule is N#COc1cc(-c2ccc(C(=O)O)c(OC#N)c2)ccc1C(=O)O. The topological polar surface area (TPSA) is 141 Å². The third-order valence-electron chi connectivity index (χ3n) is 3.07. The van der Waals surface area contributed by atoms with Crippen molar-refractivity contribution in [3.8, 4) is 35.1 Å². The summed E-state index contributed by atoms with van der Waals surface area (Å²) in [5.74, 6) is -2.84. The Kier molecular flexibility index (Phi) is 4.64. The predicted octanol–water partition coefficient (Wildman–Crippen LogP) is 2.47. The minimum absolute atomic E-state index is 0.160. The van der Waals surface area contributed by atoms with Crippen LogP contribution in [0, 0.1) is 23.0 Å². The number of carboxylic acid groups (broad SMARTS) is 2. The van der Waals surface area contributed by atoms with Crippen LogP contribution < -0.4 is 9.47 Å². The van der Waals surface area contributed by atoms with Crippen LogP contribution in [0.1, 0.15) is 20.7 Å². The Morgan fingerprint density at radius 2 is 1.17 bits per heavy atom. The fraction of sp³-hybridized carbons (Fsp3) is 0. The molecular formula is C16H8N2O6. The predicted molar refractivity (Wildman–Crippen MR) is 78.3 cm³/mol. The molecule has 24 heavy (non-hydrogen) atoms. The lowest BCUT2D eigenvalue weighted by molar-refractivity contribution is 0.0683. The van der Waals surface area contributed by atoms with E-state index in [1.54, 1.807) is 0 Å². The molecule has 0 amide bonds. The summed E-state index contributed by atoms with van der Waals surface area (Å²) in [6, 6.07) is 8.05. The number of benzene rings is 2. The summed E-state index contributed by atoms with van der Waals surface area (Å²) >= 11 is 0. The molecule has 0 saturated heterocycles. The monoisotopic (exact) mass is 324 g/mol. The normalized spacial score (nSPS) is 9.42. The second kappa shape index (κ2) is 6.81. The average Bonchev–Trinajstić information content (AvgIpc) is 2.55. The van der Waals surface area contributed by atoms with Gasteiger partial charge in [-0.3, -0.25) is 0 Å². The summed E-state index contributed by atoms with van der Waals surface area (Å²) in [6.45, 7) is 0. The Bertz CT molecular complexity index is 832. The fourth-order valence-electron chi connectivity index (χ4n) is 2.02. The Hall–Kier alpha value is -4.04. The van der Waals surface area contributed by atoms with E-state index in [2.05, 4.69) is 9.47 Å². The number of nitrogens with zero attached hydrogens (tertiary/aromatic N) is 2. The van der Waals surface area contributed by atoms with Crippen LogP contribution in [0.4, 0.5) is 0 Å². The number of hydrogen-bond acceptors (Lipinski definition) is 6. The van der Waals surface area contributed by atoms with Gasteiger partial charge in [-0.25, -0.2) is 9.59 Å². The fourth-order valence-corrected chi connectivity index (χ4v) is 2.02. The molecule has 0 aliphatic heterocycles. The van der Waals surface area contributed by atoms with Crippen molar-refractivity contribution in [3.05, 3.63) is 47.5 Å². The van der Waals surface area contributed by atoms with Gasteiger partial charge >= 0.3 is 11.9 Å². The van der Waals surface area contributed by atoms with Crippen LogP contribution >= 0.6 is 0 Å². The molecule has 0 bridgehead atoms. The van der Waals surface area contributed by atoms with Gasteiger partial charge in [-0.1, -0.05) is 12.1 Å². The Morgan fingerprint density at radius 1 is 0.792 bits per heavy atom. The molecule has 0 saturated carbocycles. The van der Waals surface area contributed by atoms with Gasteiger partial charge in [0.25, 0.3) is 12.5 Å². The number of carbonyl (C=O) groups is 2. The van der Waals surface area contributed by atoms with Crippen LogP contribution in [-0.2, 0) is 0 Å². The van der Waals surface area contributed by atoms with Gasteiger partial charge in [-0.05, 0) is 35.4 Å². The zero-order chi connectivity index (χ0) is 17.7. The quantitative estimate of drug-likeness (QED) is 0.799. The van der Waals surface area contributed by atoms with Crippen molar-refractivity contribution in [2.75, 3.05) is 0 Å². The maximum absolute atomic E-state index is 11.1. The minimum Gasteiger partial charge on any atom is -0.478 e. The van der Waals surface area contributed by atoms with E-state index < -0.39 is 11.9 Å². The molecule has 2 N–H and O–H groups in total. The average molecular weight is 324 g/mol. The number of nitriles is 2. The molecule has 0 heterocycles. The van der Waals surface area contributed by atoms with Crippen LogP contribution in [0.5, 0.6) is 11.5 Å². The first-order valence-corrected chi connectivity index (χ1v) is 6.35. The van der Waals surface area contributed by atoms with Crippen molar-refractivity contribution in [3.63, 3.8) is 0 Å². The lowest BCUT2D eigenvalue weighted by Gasteiger charge is -2.09. The number of hydrogen-bond donors (Lipinski definition) is 2. The number of ether oxygens (including phenoxy) is 2. The van der Waals surface area contributed by atoms with E-state index in [4.69, 9.17) is 20.7 Å². The second-order valence-corrected chi connectivity index (χ2v) is 4.42. The molecule has 0 aliphatic rings. The number of aromatic carboxylic acids is 2. The molecule has 0 fully saturated rings. The van der Waals surface area contributed by atoms with Gasteiger partial charge in [0.15, 0.2) is 11.5 Å². The first kappa shape index (κ1) is 16.3. The molecule has 2 aromatic rings. The molecule has 0 aromatic heterocycles. The summed E-state index contributed by atoms with van der Waals surface area (Å²) in [5.41, 5.74) is 0.502. The molecule has 118 valence electrons. The van der Waals surface area contributed by atoms with Crippen LogP contribution in [0.3, 0.4) is 0 Å². The van der Waals surface area contributed by atoms with Crippen LogP contribution in [-0.4, -0.2) is 22.2 Å². The zero-order valence-corrected chi connectivity index (χ0v) is 11.9. The first-order chi connectivity index (χ1) is 11.5. The van der Waals surface area contributed by atoms with Gasteiger partial charge in [-0.15, -0.1) is 10.5 Å². The molecule has 0 spiro atoms. The smallest absolute Gasteiger partial charge is 0.339 e. The third-order valence-corrected chi connectivity index (χ3v) is 3.07. The third kappa shape index (κ3) is 3.24. The molecule has 0 radical (unpaired) electrons. The van der Waals surface area contributed by atoms with Crippen molar-refractivity contribution >= 4 is 11.9 Å². The van der Waals surface area contributed by atoms with E-state index in [1.807, 2.05) is 0 Å². The molecule has 0 unspecified atom stereocenters. The van der Waals surface area contributed by atoms with Gasteiger partial charge in [0.2, 0.25) is 0 Å². The van der Waals surface area contributed by atoms with E-state index in [1.165, 1.54) is 48.9 Å². The van der Waals surface area contributed by atoms with Crippen LogP contribution in [0.2, 0.25) is 0 Å². The summed E-state index contributed by atoms with van der Waals surface area (Å²) in [6.07, 6.45) is 2.81. The zero-order valence-electron chi connectivity index (χ0n) is 11.9. The van der Waals surface area contributed by atoms with Crippen molar-refractivity contribution in [1.82, 2.24) is 0 Å². The summed E-state index contributed by atoms with van der Waals surface area (Å²) in [7, 11) is 0. The number of carboxylic acids is 2. The Balaban J connectivity index is 2.56. The largest absolute Gasteiger partial charge is 0.478 e. The maximum atomic E-state index is 11.1. The highest BCUT2D eigenvalue weighted by molar-refractivity contribution is 5.93. The van der Waals surface area contributed by atoms with E-state index in [0.29, 0.717) is 11.1 Å². The van der Waals surface area contributed by atoms with Crippen molar-refractivity contribution in [1.29, 1.82) is 10.5 Å². The molecule has 0 aliphatic carbocycles. The lowest BCUT2D eigenvalue weighted by Crippen LogP contribution is -2.01. The summed E-state index contributed by atoms with van der Waals surface area (Å²) in [5, 5.41) is 35.3. The molecule has 8 heteroatoms. The van der Waals surface area contributed by atoms with Crippen molar-refractivity contribution in [2.24, 2.45) is 0 Å². The van der Waals surface area contributed by atoms with Gasteiger partial charge in [0.1, 0.15) is 11.1 Å². The minimum atomic E-state index is -1.26. The molecule has 8 nitrogen and oxygen atoms in total. The molecular weight excluding hydrogens is 316 g/mol. The highest BCUT2D eigenvalue weighted by Crippen LogP contribution is 2.31. The highest BCUT2D eigenvalue weighted by atomic mass is 16.5. The van der Waals surface area contributed by atoms with Crippen LogP contribution in [0.15, 0.2) is 36.4 Å². The summed E-state index contributed by atoms with van der Waals surface area (Å²) in [4.78, 5) is 22.2. The number of rotatable bonds is 5. The van der Waals surface area contributed by atoms with Crippen molar-refractivity contribution in [2.45, 2.75) is 0 Å². The Labute approximate surface area is 135 Å². The van der Waals surface area contributed by atoms with E-state index >= 15 is 0 Å². The van der Waals surface area contributed by atoms with E-state index in [0.717, 1.165) is 0 Å². The van der Waals surface area contributed by atoms with Crippen LogP contribution in [0.25, 0.3) is 11.1 Å². The lowest BCUT2D eigenvalue weighted by atomic mass is 10.0. The first-order valence-electron chi connectivity index (χ1n) is 6.35.